The highest BCUT2D eigenvalue weighted by atomic mass is 15.1. The highest BCUT2D eigenvalue weighted by Gasteiger charge is 2.49. The third-order valence-electron chi connectivity index (χ3n) is 12.6. The molecular weight excluding hydrogens is 639 g/mol. The number of benzene rings is 8. The molecule has 248 valence electrons. The number of hydrogen-bond donors (Lipinski definition) is 0. The van der Waals surface area contributed by atoms with Gasteiger partial charge in [0.1, 0.15) is 0 Å². The van der Waals surface area contributed by atoms with Gasteiger partial charge >= 0.3 is 6.85 Å². The van der Waals surface area contributed by atoms with Crippen molar-refractivity contribution < 1.29 is 0 Å². The van der Waals surface area contributed by atoms with Crippen molar-refractivity contribution in [3.05, 3.63) is 198 Å². The normalized spacial score (nSPS) is 14.5. The molecule has 2 nitrogen and oxygen atoms in total. The minimum atomic E-state index is -0.224. The van der Waals surface area contributed by atoms with Crippen LogP contribution in [0.3, 0.4) is 0 Å². The Labute approximate surface area is 309 Å². The standard InChI is InChI=1S/C50H35BN2/c1-50(2)40-26-16-27-41-48(40)52-47-39(29-33-21-12-13-24-35(33)45(47)50)44-38(43(31-17-6-3-7-18-31)32-19-8-4-9-20-32)30-37-36-25-14-15-28-42(36)53(34-22-10-5-11-23-34)51(41)46(37)49(44)52/h3-30,43H,1-2H3. The van der Waals surface area contributed by atoms with Gasteiger partial charge in [-0.1, -0.05) is 153 Å². The zero-order valence-corrected chi connectivity index (χ0v) is 29.7. The van der Waals surface area contributed by atoms with Gasteiger partial charge in [-0.2, -0.15) is 0 Å². The Bertz CT molecular complexity index is 2940. The monoisotopic (exact) mass is 674 g/mol. The van der Waals surface area contributed by atoms with Crippen LogP contribution in [0.5, 0.6) is 0 Å². The van der Waals surface area contributed by atoms with Crippen LogP contribution in [0.25, 0.3) is 49.4 Å². The third kappa shape index (κ3) is 3.69. The van der Waals surface area contributed by atoms with Crippen LogP contribution in [0.15, 0.2) is 170 Å². The Kier molecular flexibility index (Phi) is 5.74. The molecule has 0 bridgehead atoms. The quantitative estimate of drug-likeness (QED) is 0.133. The maximum Gasteiger partial charge on any atom is 0.333 e. The Morgan fingerprint density at radius 3 is 1.98 bits per heavy atom. The van der Waals surface area contributed by atoms with E-state index in [2.05, 4.69) is 193 Å². The van der Waals surface area contributed by atoms with Gasteiger partial charge in [-0.3, -0.25) is 0 Å². The first-order valence-corrected chi connectivity index (χ1v) is 18.9. The Morgan fingerprint density at radius 2 is 1.23 bits per heavy atom. The maximum absolute atomic E-state index is 2.71. The van der Waals surface area contributed by atoms with Crippen LogP contribution in [0.1, 0.15) is 47.6 Å². The summed E-state index contributed by atoms with van der Waals surface area (Å²) in [4.78, 5) is 2.62. The van der Waals surface area contributed by atoms with Crippen molar-refractivity contribution >= 4 is 61.7 Å². The van der Waals surface area contributed by atoms with Gasteiger partial charge < -0.3 is 9.38 Å². The van der Waals surface area contributed by atoms with Gasteiger partial charge in [-0.25, -0.2) is 0 Å². The summed E-state index contributed by atoms with van der Waals surface area (Å²) in [5, 5.41) is 5.37. The molecule has 8 aromatic carbocycles. The van der Waals surface area contributed by atoms with Gasteiger partial charge in [0.2, 0.25) is 0 Å². The second-order valence-corrected chi connectivity index (χ2v) is 15.6. The third-order valence-corrected chi connectivity index (χ3v) is 12.6. The summed E-state index contributed by atoms with van der Waals surface area (Å²) in [6.07, 6.45) is 0. The average molecular weight is 675 g/mol. The first-order valence-electron chi connectivity index (χ1n) is 18.9. The zero-order valence-electron chi connectivity index (χ0n) is 29.7. The lowest BCUT2D eigenvalue weighted by Gasteiger charge is -2.45. The Hall–Kier alpha value is -6.32. The molecule has 0 aliphatic carbocycles. The van der Waals surface area contributed by atoms with Crippen molar-refractivity contribution in [2.45, 2.75) is 25.2 Å². The largest absolute Gasteiger partial charge is 0.376 e. The molecule has 0 saturated carbocycles. The molecule has 0 atom stereocenters. The smallest absolute Gasteiger partial charge is 0.333 e. The Balaban J connectivity index is 1.36. The fraction of sp³-hybridized carbons (Fsp3) is 0.0800. The summed E-state index contributed by atoms with van der Waals surface area (Å²) in [5.74, 6) is 0.0415. The molecule has 0 saturated heterocycles. The topological polar surface area (TPSA) is 8.17 Å². The van der Waals surface area contributed by atoms with Gasteiger partial charge in [-0.15, -0.1) is 0 Å². The summed E-state index contributed by atoms with van der Waals surface area (Å²) >= 11 is 0. The molecule has 0 fully saturated rings. The predicted octanol–water partition coefficient (Wildman–Crippen LogP) is 11.0. The summed E-state index contributed by atoms with van der Waals surface area (Å²) in [7, 11) is 0. The van der Waals surface area contributed by atoms with Gasteiger partial charge in [0.15, 0.2) is 0 Å². The van der Waals surface area contributed by atoms with E-state index in [1.807, 2.05) is 0 Å². The number of nitrogens with zero attached hydrogens (tertiary/aromatic N) is 2. The Morgan fingerprint density at radius 1 is 0.566 bits per heavy atom. The average Bonchev–Trinajstić information content (AvgIpc) is 3.55. The molecule has 3 aliphatic rings. The zero-order chi connectivity index (χ0) is 35.0. The maximum atomic E-state index is 2.71. The lowest BCUT2D eigenvalue weighted by atomic mass is 9.43. The molecule has 0 unspecified atom stereocenters. The van der Waals surface area contributed by atoms with E-state index >= 15 is 0 Å². The van der Waals surface area contributed by atoms with Crippen molar-refractivity contribution in [3.63, 3.8) is 0 Å². The summed E-state index contributed by atoms with van der Waals surface area (Å²) in [6.45, 7) is 4.91. The van der Waals surface area contributed by atoms with E-state index in [0.29, 0.717) is 0 Å². The van der Waals surface area contributed by atoms with Crippen LogP contribution >= 0.6 is 0 Å². The molecular formula is C50H35BN2. The van der Waals surface area contributed by atoms with E-state index in [1.165, 1.54) is 99.5 Å². The van der Waals surface area contributed by atoms with Gasteiger partial charge in [0, 0.05) is 44.7 Å². The molecule has 0 spiro atoms. The molecule has 9 aromatic rings. The number of aromatic nitrogens is 1. The fourth-order valence-electron chi connectivity index (χ4n) is 10.5. The highest BCUT2D eigenvalue weighted by molar-refractivity contribution is 6.93. The molecule has 0 radical (unpaired) electrons. The molecule has 53 heavy (non-hydrogen) atoms. The predicted molar refractivity (Wildman–Crippen MR) is 223 cm³/mol. The van der Waals surface area contributed by atoms with Crippen LogP contribution in [0, 0.1) is 0 Å². The second-order valence-electron chi connectivity index (χ2n) is 15.6. The highest BCUT2D eigenvalue weighted by Crippen LogP contribution is 2.55. The van der Waals surface area contributed by atoms with Gasteiger partial charge in [0.05, 0.1) is 11.0 Å². The van der Waals surface area contributed by atoms with E-state index < -0.39 is 0 Å². The first-order chi connectivity index (χ1) is 26.1. The number of para-hydroxylation sites is 3. The van der Waals surface area contributed by atoms with Gasteiger partial charge in [-0.05, 0) is 85.4 Å². The SMILES string of the molecule is CC1(C)c2cccc3c2-n2c4c1c1ccccc1cc4c1c(C(c4ccccc4)c4ccccc4)cc4c(c12)B3N(c1ccccc1)c1ccccc1-4. The van der Waals surface area contributed by atoms with Crippen molar-refractivity contribution in [2.24, 2.45) is 0 Å². The number of anilines is 2. The van der Waals surface area contributed by atoms with E-state index in [9.17, 15) is 0 Å². The van der Waals surface area contributed by atoms with Crippen LogP contribution < -0.4 is 15.7 Å². The first kappa shape index (κ1) is 29.3. The summed E-state index contributed by atoms with van der Waals surface area (Å²) in [6, 6.07) is 63.8. The van der Waals surface area contributed by atoms with Crippen LogP contribution in [-0.4, -0.2) is 11.4 Å². The molecule has 12 rings (SSSR count). The van der Waals surface area contributed by atoms with E-state index in [0.717, 1.165) is 0 Å². The van der Waals surface area contributed by atoms with Gasteiger partial charge in [0.25, 0.3) is 0 Å². The number of rotatable bonds is 4. The number of fused-ring (bicyclic) bond motifs is 6. The lowest BCUT2D eigenvalue weighted by molar-refractivity contribution is 0.637. The van der Waals surface area contributed by atoms with Crippen molar-refractivity contribution in [3.8, 4) is 16.8 Å². The minimum absolute atomic E-state index is 0.00396. The molecule has 3 aliphatic heterocycles. The molecule has 1 aromatic heterocycles. The molecule has 0 N–H and O–H groups in total. The molecule has 3 heteroatoms. The van der Waals surface area contributed by atoms with Crippen molar-refractivity contribution in [1.82, 2.24) is 4.57 Å². The van der Waals surface area contributed by atoms with Crippen LogP contribution in [0.2, 0.25) is 0 Å². The number of hydrogen-bond acceptors (Lipinski definition) is 1. The van der Waals surface area contributed by atoms with Crippen LogP contribution in [0.4, 0.5) is 11.4 Å². The van der Waals surface area contributed by atoms with Crippen molar-refractivity contribution in [2.75, 3.05) is 4.81 Å². The summed E-state index contributed by atoms with van der Waals surface area (Å²) in [5.41, 5.74) is 18.5. The van der Waals surface area contributed by atoms with E-state index in [-0.39, 0.29) is 18.2 Å². The second kappa shape index (κ2) is 10.4. The minimum Gasteiger partial charge on any atom is -0.376 e. The van der Waals surface area contributed by atoms with E-state index in [1.54, 1.807) is 0 Å². The van der Waals surface area contributed by atoms with Crippen molar-refractivity contribution in [1.29, 1.82) is 0 Å². The van der Waals surface area contributed by atoms with Crippen LogP contribution in [-0.2, 0) is 5.41 Å². The van der Waals surface area contributed by atoms with E-state index in [4.69, 9.17) is 0 Å². The molecule has 0 amide bonds. The summed E-state index contributed by atoms with van der Waals surface area (Å²) < 4.78 is 2.71. The lowest BCUT2D eigenvalue weighted by Crippen LogP contribution is -2.61. The fourth-order valence-corrected chi connectivity index (χ4v) is 10.5. The molecule has 4 heterocycles.